The highest BCUT2D eigenvalue weighted by atomic mass is 35.5. The lowest BCUT2D eigenvalue weighted by atomic mass is 9.88. The molecule has 2 saturated heterocycles. The third kappa shape index (κ3) is 5.20. The van der Waals surface area contributed by atoms with Crippen LogP contribution in [0, 0.1) is 5.92 Å². The first-order chi connectivity index (χ1) is 18.0. The van der Waals surface area contributed by atoms with E-state index < -0.39 is 0 Å². The number of ketones is 1. The number of carbonyl (C=O) groups is 1. The van der Waals surface area contributed by atoms with Crippen LogP contribution in [0.5, 0.6) is 11.5 Å². The van der Waals surface area contributed by atoms with E-state index in [-0.39, 0.29) is 5.78 Å². The molecular formula is C29H31Cl2N3O3. The van der Waals surface area contributed by atoms with Crippen LogP contribution in [0.15, 0.2) is 48.8 Å². The van der Waals surface area contributed by atoms with Gasteiger partial charge in [0, 0.05) is 54.6 Å². The van der Waals surface area contributed by atoms with Crippen molar-refractivity contribution in [1.29, 1.82) is 0 Å². The van der Waals surface area contributed by atoms with E-state index in [1.54, 1.807) is 24.3 Å². The van der Waals surface area contributed by atoms with Gasteiger partial charge in [0.1, 0.15) is 0 Å². The molecular weight excluding hydrogens is 509 g/mol. The second-order valence-electron chi connectivity index (χ2n) is 10.3. The van der Waals surface area contributed by atoms with Crippen molar-refractivity contribution in [3.63, 3.8) is 0 Å². The van der Waals surface area contributed by atoms with Crippen LogP contribution in [0.25, 0.3) is 10.9 Å². The van der Waals surface area contributed by atoms with E-state index in [4.69, 9.17) is 32.7 Å². The molecule has 4 heterocycles. The molecule has 8 heteroatoms. The molecule has 0 aliphatic carbocycles. The van der Waals surface area contributed by atoms with Gasteiger partial charge in [0.25, 0.3) is 0 Å². The number of hydrogen-bond acceptors (Lipinski definition) is 5. The summed E-state index contributed by atoms with van der Waals surface area (Å²) in [6.45, 7) is 5.68. The lowest BCUT2D eigenvalue weighted by Gasteiger charge is -2.37. The summed E-state index contributed by atoms with van der Waals surface area (Å²) < 4.78 is 11.4. The van der Waals surface area contributed by atoms with Crippen molar-refractivity contribution in [2.24, 2.45) is 5.92 Å². The molecule has 2 fully saturated rings. The van der Waals surface area contributed by atoms with Crippen LogP contribution >= 0.6 is 23.2 Å². The number of fused-ring (bicyclic) bond motifs is 3. The summed E-state index contributed by atoms with van der Waals surface area (Å²) in [5.41, 5.74) is 3.05. The number of likely N-dealkylation sites (tertiary alicyclic amines) is 2. The van der Waals surface area contributed by atoms with Gasteiger partial charge in [-0.3, -0.25) is 4.79 Å². The van der Waals surface area contributed by atoms with Gasteiger partial charge < -0.3 is 24.3 Å². The van der Waals surface area contributed by atoms with Crippen LogP contribution in [-0.4, -0.2) is 60.1 Å². The Bertz CT molecular complexity index is 1320. The zero-order valence-corrected chi connectivity index (χ0v) is 22.2. The van der Waals surface area contributed by atoms with Crippen LogP contribution in [0.3, 0.4) is 0 Å². The first kappa shape index (κ1) is 24.7. The molecule has 2 aromatic carbocycles. The molecule has 0 spiro atoms. The molecule has 1 N–H and O–H groups in total. The minimum atomic E-state index is -0.0530. The van der Waals surface area contributed by atoms with Crippen molar-refractivity contribution in [1.82, 2.24) is 14.8 Å². The Morgan fingerprint density at radius 3 is 2.59 bits per heavy atom. The largest absolute Gasteiger partial charge is 0.454 e. The zero-order chi connectivity index (χ0) is 25.4. The third-order valence-corrected chi connectivity index (χ3v) is 8.78. The Kier molecular flexibility index (Phi) is 7.06. The van der Waals surface area contributed by atoms with Gasteiger partial charge in [-0.1, -0.05) is 23.2 Å². The molecule has 6 nitrogen and oxygen atoms in total. The smallest absolute Gasteiger partial charge is 0.231 e. The third-order valence-electron chi connectivity index (χ3n) is 8.04. The van der Waals surface area contributed by atoms with Gasteiger partial charge in [-0.2, -0.15) is 0 Å². The van der Waals surface area contributed by atoms with Crippen molar-refractivity contribution >= 4 is 39.9 Å². The maximum atomic E-state index is 12.5. The Balaban J connectivity index is 0.981. The molecule has 194 valence electrons. The molecule has 37 heavy (non-hydrogen) atoms. The van der Waals surface area contributed by atoms with Gasteiger partial charge in [-0.15, -0.1) is 0 Å². The lowest BCUT2D eigenvalue weighted by molar-refractivity contribution is 0.104. The molecule has 3 aromatic rings. The molecule has 3 aliphatic heterocycles. The standard InChI is InChI=1S/C29H31Cl2N3O3/c30-23-2-1-21(15-24(23)31)26(35)9-14-33-10-5-19(6-11-33)17-34-12-7-20(8-13-34)22-16-32-25-3-4-27-29(28(22)25)37-18-36-27/h1-4,9,14-16,19-20,32H,5-8,10-13,17-18H2/b14-9+. The predicted octanol–water partition coefficient (Wildman–Crippen LogP) is 6.49. The number of halogens is 2. The maximum absolute atomic E-state index is 12.5. The highest BCUT2D eigenvalue weighted by Crippen LogP contribution is 2.44. The van der Waals surface area contributed by atoms with Crippen molar-refractivity contribution in [2.75, 3.05) is 39.5 Å². The van der Waals surface area contributed by atoms with Crippen LogP contribution in [0.1, 0.15) is 47.5 Å². The van der Waals surface area contributed by atoms with Crippen LogP contribution in [0.4, 0.5) is 0 Å². The summed E-state index contributed by atoms with van der Waals surface area (Å²) >= 11 is 12.0. The van der Waals surface area contributed by atoms with Gasteiger partial charge in [-0.25, -0.2) is 0 Å². The fraction of sp³-hybridized carbons (Fsp3) is 0.414. The number of hydrogen-bond donors (Lipinski definition) is 1. The van der Waals surface area contributed by atoms with Gasteiger partial charge >= 0.3 is 0 Å². The minimum absolute atomic E-state index is 0.0530. The molecule has 6 rings (SSSR count). The first-order valence-corrected chi connectivity index (χ1v) is 13.8. The summed E-state index contributed by atoms with van der Waals surface area (Å²) in [5.74, 6) is 2.94. The Hall–Kier alpha value is -2.67. The van der Waals surface area contributed by atoms with Gasteiger partial charge in [0.15, 0.2) is 17.3 Å². The lowest BCUT2D eigenvalue weighted by Crippen LogP contribution is -2.40. The molecule has 0 unspecified atom stereocenters. The average molecular weight is 540 g/mol. The van der Waals surface area contributed by atoms with E-state index in [0.717, 1.165) is 75.4 Å². The number of piperidine rings is 2. The van der Waals surface area contributed by atoms with E-state index in [2.05, 4.69) is 27.0 Å². The summed E-state index contributed by atoms with van der Waals surface area (Å²) in [7, 11) is 0. The Labute approximate surface area is 227 Å². The number of ether oxygens (including phenoxy) is 2. The fourth-order valence-corrected chi connectivity index (χ4v) is 6.22. The Morgan fingerprint density at radius 2 is 1.81 bits per heavy atom. The SMILES string of the molecule is O=C(/C=C/N1CCC(CN2CCC(c3c[nH]c4ccc5c(c34)OCO5)CC2)CC1)c1ccc(Cl)c(Cl)c1. The van der Waals surface area contributed by atoms with E-state index in [9.17, 15) is 4.79 Å². The number of nitrogens with one attached hydrogen (secondary N) is 1. The molecule has 0 amide bonds. The topological polar surface area (TPSA) is 57.8 Å². The van der Waals surface area contributed by atoms with E-state index in [1.165, 1.54) is 10.9 Å². The summed E-state index contributed by atoms with van der Waals surface area (Å²) in [6, 6.07) is 9.08. The highest BCUT2D eigenvalue weighted by molar-refractivity contribution is 6.42. The number of aromatic amines is 1. The zero-order valence-electron chi connectivity index (χ0n) is 20.7. The summed E-state index contributed by atoms with van der Waals surface area (Å²) in [6.07, 6.45) is 10.4. The molecule has 0 radical (unpaired) electrons. The number of benzene rings is 2. The fourth-order valence-electron chi connectivity index (χ4n) is 5.92. The number of rotatable bonds is 6. The number of carbonyl (C=O) groups excluding carboxylic acids is 1. The van der Waals surface area contributed by atoms with E-state index in [0.29, 0.717) is 34.2 Å². The first-order valence-electron chi connectivity index (χ1n) is 13.1. The monoisotopic (exact) mass is 539 g/mol. The molecule has 0 atom stereocenters. The van der Waals surface area contributed by atoms with Crippen molar-refractivity contribution < 1.29 is 14.3 Å². The number of nitrogens with zero attached hydrogens (tertiary/aromatic N) is 2. The number of H-pyrrole nitrogens is 1. The number of allylic oxidation sites excluding steroid dienone is 1. The summed E-state index contributed by atoms with van der Waals surface area (Å²) in [5, 5.41) is 2.06. The highest BCUT2D eigenvalue weighted by Gasteiger charge is 2.28. The average Bonchev–Trinajstić information content (AvgIpc) is 3.57. The molecule has 0 bridgehead atoms. The Morgan fingerprint density at radius 1 is 1.00 bits per heavy atom. The number of aromatic nitrogens is 1. The minimum Gasteiger partial charge on any atom is -0.454 e. The molecule has 1 aromatic heterocycles. The van der Waals surface area contributed by atoms with E-state index in [1.807, 2.05) is 12.3 Å². The predicted molar refractivity (Wildman–Crippen MR) is 147 cm³/mol. The van der Waals surface area contributed by atoms with Crippen LogP contribution in [-0.2, 0) is 0 Å². The second kappa shape index (κ2) is 10.6. The molecule has 3 aliphatic rings. The maximum Gasteiger partial charge on any atom is 0.231 e. The van der Waals surface area contributed by atoms with Crippen LogP contribution < -0.4 is 9.47 Å². The molecule has 0 saturated carbocycles. The quantitative estimate of drug-likeness (QED) is 0.286. The van der Waals surface area contributed by atoms with Gasteiger partial charge in [0.2, 0.25) is 6.79 Å². The van der Waals surface area contributed by atoms with Crippen molar-refractivity contribution in [3.8, 4) is 11.5 Å². The van der Waals surface area contributed by atoms with Crippen molar-refractivity contribution in [2.45, 2.75) is 31.6 Å². The van der Waals surface area contributed by atoms with Gasteiger partial charge in [0.05, 0.1) is 10.0 Å². The summed E-state index contributed by atoms with van der Waals surface area (Å²) in [4.78, 5) is 20.8. The van der Waals surface area contributed by atoms with E-state index >= 15 is 0 Å². The van der Waals surface area contributed by atoms with Gasteiger partial charge in [-0.05, 0) is 86.5 Å². The van der Waals surface area contributed by atoms with Crippen LogP contribution in [0.2, 0.25) is 10.0 Å². The normalized spacial score (nSPS) is 19.4. The second-order valence-corrected chi connectivity index (χ2v) is 11.1. The van der Waals surface area contributed by atoms with Crippen molar-refractivity contribution in [3.05, 3.63) is 70.0 Å².